The van der Waals surface area contributed by atoms with Crippen molar-refractivity contribution < 1.29 is 52.7 Å². The Hall–Kier alpha value is 0.756. The average Bonchev–Trinajstić information content (AvgIpc) is 2.35. The summed E-state index contributed by atoms with van der Waals surface area (Å²) in [5, 5.41) is 0.821. The first-order valence-corrected chi connectivity index (χ1v) is 6.12. The first-order chi connectivity index (χ1) is 8.29. The summed E-state index contributed by atoms with van der Waals surface area (Å²) in [5.74, 6) is 0.912. The summed E-state index contributed by atoms with van der Waals surface area (Å²) in [4.78, 5) is 0. The summed E-state index contributed by atoms with van der Waals surface area (Å²) < 4.78 is 5.41. The number of ether oxygens (including phenoxy) is 1. The second-order valence-corrected chi connectivity index (χ2v) is 4.25. The molecular weight excluding hydrogens is 510 g/mol. The molecule has 0 aliphatic heterocycles. The molecule has 0 bridgehead atoms. The fourth-order valence-electron chi connectivity index (χ4n) is 1.73. The fourth-order valence-corrected chi connectivity index (χ4v) is 1.93. The van der Waals surface area contributed by atoms with Crippen molar-refractivity contribution in [2.75, 3.05) is 6.61 Å². The van der Waals surface area contributed by atoms with Gasteiger partial charge in [0.2, 0.25) is 0 Å². The molecule has 0 saturated heterocycles. The van der Waals surface area contributed by atoms with Gasteiger partial charge in [0.05, 0.1) is 6.61 Å². The molecule has 0 atom stereocenters. The van der Waals surface area contributed by atoms with Gasteiger partial charge in [0.25, 0.3) is 0 Å². The molecule has 0 aromatic heterocycles. The molecule has 20 heavy (non-hydrogen) atoms. The quantitative estimate of drug-likeness (QED) is 0.331. The van der Waals surface area contributed by atoms with Crippen molar-refractivity contribution in [3.05, 3.63) is 64.7 Å². The third-order valence-electron chi connectivity index (χ3n) is 2.59. The minimum atomic E-state index is 0. The molecule has 0 unspecified atom stereocenters. The predicted octanol–water partition coefficient (Wildman–Crippen LogP) is -2.04. The molecule has 0 radical (unpaired) electrons. The Morgan fingerprint density at radius 2 is 1.55 bits per heavy atom. The van der Waals surface area contributed by atoms with Gasteiger partial charge in [-0.1, -0.05) is 41.9 Å². The van der Waals surface area contributed by atoms with Crippen LogP contribution in [0.15, 0.2) is 48.5 Å². The van der Waals surface area contributed by atoms with E-state index in [9.17, 15) is 0 Å². The van der Waals surface area contributed by atoms with Gasteiger partial charge < -0.3 is 52.7 Å². The standard InChI is InChI=1S/C15H15ClO.2HI.Mg/c1-2-17-14-9-7-12(8-10-14)11-13-5-3-4-6-15(13)16;;;/h3-10H,2,11H2,1H3;2*1H;/q;;;+2/p-2. The van der Waals surface area contributed by atoms with Crippen molar-refractivity contribution in [1.82, 2.24) is 0 Å². The second-order valence-electron chi connectivity index (χ2n) is 3.85. The molecule has 2 rings (SSSR count). The van der Waals surface area contributed by atoms with Crippen LogP contribution in [0.2, 0.25) is 5.02 Å². The maximum atomic E-state index is 6.13. The largest absolute Gasteiger partial charge is 2.00 e. The van der Waals surface area contributed by atoms with Crippen LogP contribution in [0, 0.1) is 0 Å². The zero-order valence-electron chi connectivity index (χ0n) is 11.3. The molecule has 0 amide bonds. The van der Waals surface area contributed by atoms with E-state index >= 15 is 0 Å². The van der Waals surface area contributed by atoms with Crippen molar-refractivity contribution >= 4 is 34.7 Å². The Morgan fingerprint density at radius 1 is 0.950 bits per heavy atom. The van der Waals surface area contributed by atoms with E-state index in [2.05, 4.69) is 18.2 Å². The number of hydrogen-bond acceptors (Lipinski definition) is 1. The van der Waals surface area contributed by atoms with E-state index in [1.54, 1.807) is 0 Å². The third kappa shape index (κ3) is 7.15. The smallest absolute Gasteiger partial charge is 1.00 e. The van der Waals surface area contributed by atoms with Gasteiger partial charge in [0.15, 0.2) is 0 Å². The van der Waals surface area contributed by atoms with Crippen molar-refractivity contribution in [1.29, 1.82) is 0 Å². The SMILES string of the molecule is CCOc1ccc(Cc2ccccc2Cl)cc1.[I-].[I-].[Mg+2]. The average molecular weight is 525 g/mol. The molecule has 2 aromatic carbocycles. The molecule has 0 spiro atoms. The Bertz CT molecular complexity index is 491. The molecule has 1 nitrogen and oxygen atoms in total. The predicted molar refractivity (Wildman–Crippen MR) is 77.6 cm³/mol. The normalized spacial score (nSPS) is 8.70. The topological polar surface area (TPSA) is 9.23 Å². The molecule has 0 fully saturated rings. The molecule has 0 aliphatic carbocycles. The van der Waals surface area contributed by atoms with E-state index in [4.69, 9.17) is 16.3 Å². The van der Waals surface area contributed by atoms with Crippen molar-refractivity contribution in [3.63, 3.8) is 0 Å². The Morgan fingerprint density at radius 3 is 2.10 bits per heavy atom. The van der Waals surface area contributed by atoms with E-state index in [-0.39, 0.29) is 71.0 Å². The fraction of sp³-hybridized carbons (Fsp3) is 0.200. The summed E-state index contributed by atoms with van der Waals surface area (Å²) in [6.45, 7) is 2.68. The van der Waals surface area contributed by atoms with Gasteiger partial charge in [-0.2, -0.15) is 0 Å². The minimum Gasteiger partial charge on any atom is -1.00 e. The Kier molecular flexibility index (Phi) is 14.2. The third-order valence-corrected chi connectivity index (χ3v) is 2.96. The van der Waals surface area contributed by atoms with Gasteiger partial charge in [-0.05, 0) is 42.7 Å². The monoisotopic (exact) mass is 524 g/mol. The summed E-state index contributed by atoms with van der Waals surface area (Å²) in [5.41, 5.74) is 2.39. The van der Waals surface area contributed by atoms with Gasteiger partial charge in [0, 0.05) is 5.02 Å². The maximum absolute atomic E-state index is 6.13. The van der Waals surface area contributed by atoms with E-state index in [0.717, 1.165) is 22.8 Å². The van der Waals surface area contributed by atoms with Crippen LogP contribution in [0.3, 0.4) is 0 Å². The summed E-state index contributed by atoms with van der Waals surface area (Å²) >= 11 is 6.13. The van der Waals surface area contributed by atoms with Crippen molar-refractivity contribution in [3.8, 4) is 5.75 Å². The van der Waals surface area contributed by atoms with Crippen LogP contribution >= 0.6 is 11.6 Å². The minimum absolute atomic E-state index is 0. The maximum Gasteiger partial charge on any atom is 2.00 e. The molecule has 0 saturated carbocycles. The number of hydrogen-bond donors (Lipinski definition) is 0. The van der Waals surface area contributed by atoms with Gasteiger partial charge in [-0.25, -0.2) is 0 Å². The Balaban J connectivity index is 0. The van der Waals surface area contributed by atoms with Crippen LogP contribution in [0.25, 0.3) is 0 Å². The van der Waals surface area contributed by atoms with Gasteiger partial charge in [-0.3, -0.25) is 0 Å². The van der Waals surface area contributed by atoms with Gasteiger partial charge >= 0.3 is 23.1 Å². The van der Waals surface area contributed by atoms with E-state index < -0.39 is 0 Å². The van der Waals surface area contributed by atoms with Crippen LogP contribution in [-0.2, 0) is 6.42 Å². The van der Waals surface area contributed by atoms with Crippen LogP contribution in [0.4, 0.5) is 0 Å². The number of rotatable bonds is 4. The summed E-state index contributed by atoms with van der Waals surface area (Å²) in [6, 6.07) is 16.1. The van der Waals surface area contributed by atoms with Crippen LogP contribution < -0.4 is 52.7 Å². The van der Waals surface area contributed by atoms with Crippen LogP contribution in [-0.4, -0.2) is 29.7 Å². The second kappa shape index (κ2) is 12.3. The van der Waals surface area contributed by atoms with Crippen molar-refractivity contribution in [2.24, 2.45) is 0 Å². The Labute approximate surface area is 176 Å². The molecule has 5 heteroatoms. The molecule has 0 aliphatic rings. The van der Waals surface area contributed by atoms with E-state index in [1.165, 1.54) is 5.56 Å². The van der Waals surface area contributed by atoms with Crippen LogP contribution in [0.5, 0.6) is 5.75 Å². The van der Waals surface area contributed by atoms with Crippen LogP contribution in [0.1, 0.15) is 18.1 Å². The molecule has 2 aromatic rings. The zero-order chi connectivity index (χ0) is 12.1. The molecular formula is C15H15ClI2MgO. The summed E-state index contributed by atoms with van der Waals surface area (Å²) in [6.07, 6.45) is 0.853. The number of benzene rings is 2. The molecule has 0 heterocycles. The van der Waals surface area contributed by atoms with Gasteiger partial charge in [0.1, 0.15) is 5.75 Å². The van der Waals surface area contributed by atoms with Crippen molar-refractivity contribution in [2.45, 2.75) is 13.3 Å². The molecule has 0 N–H and O–H groups in total. The zero-order valence-corrected chi connectivity index (χ0v) is 17.8. The first-order valence-electron chi connectivity index (χ1n) is 5.74. The number of halogens is 3. The van der Waals surface area contributed by atoms with Gasteiger partial charge in [-0.15, -0.1) is 0 Å². The van der Waals surface area contributed by atoms with E-state index in [0.29, 0.717) is 6.61 Å². The molecule has 104 valence electrons. The van der Waals surface area contributed by atoms with E-state index in [1.807, 2.05) is 37.3 Å². The summed E-state index contributed by atoms with van der Waals surface area (Å²) in [7, 11) is 0. The first kappa shape index (κ1) is 23.0.